The Bertz CT molecular complexity index is 493. The second-order valence-corrected chi connectivity index (χ2v) is 6.26. The molecular weight excluding hydrogens is 278 g/mol. The van der Waals surface area contributed by atoms with Gasteiger partial charge in [0.25, 0.3) is 0 Å². The van der Waals surface area contributed by atoms with E-state index < -0.39 is 0 Å². The summed E-state index contributed by atoms with van der Waals surface area (Å²) in [5.41, 5.74) is 0.854. The van der Waals surface area contributed by atoms with E-state index in [9.17, 15) is 9.90 Å². The lowest BCUT2D eigenvalue weighted by molar-refractivity contribution is -0.121. The van der Waals surface area contributed by atoms with Crippen LogP contribution in [0.2, 0.25) is 0 Å². The Hall–Kier alpha value is -1.71. The fourth-order valence-electron chi connectivity index (χ4n) is 3.30. The molecule has 4 heteroatoms. The smallest absolute Gasteiger partial charge is 0.224 e. The first-order valence-electron chi connectivity index (χ1n) is 8.27. The first-order chi connectivity index (χ1) is 10.6. The van der Waals surface area contributed by atoms with Gasteiger partial charge in [0.1, 0.15) is 0 Å². The number of ether oxygens (including phenoxy) is 1. The van der Waals surface area contributed by atoms with E-state index in [2.05, 4.69) is 12.2 Å². The van der Waals surface area contributed by atoms with Crippen LogP contribution in [0.3, 0.4) is 0 Å². The van der Waals surface area contributed by atoms with Gasteiger partial charge in [0.15, 0.2) is 11.5 Å². The fourth-order valence-corrected chi connectivity index (χ4v) is 3.30. The average Bonchev–Trinajstić information content (AvgIpc) is 2.51. The Morgan fingerprint density at radius 1 is 1.32 bits per heavy atom. The zero-order valence-corrected chi connectivity index (χ0v) is 13.6. The largest absolute Gasteiger partial charge is 0.504 e. The van der Waals surface area contributed by atoms with Crippen molar-refractivity contribution in [3.05, 3.63) is 23.8 Å². The quantitative estimate of drug-likeness (QED) is 0.846. The number of carbonyl (C=O) groups is 1. The highest BCUT2D eigenvalue weighted by Gasteiger charge is 2.21. The molecule has 0 saturated heterocycles. The molecule has 2 rings (SSSR count). The van der Waals surface area contributed by atoms with Crippen LogP contribution in [0.4, 0.5) is 0 Å². The Balaban J connectivity index is 1.81. The van der Waals surface area contributed by atoms with E-state index in [0.717, 1.165) is 24.3 Å². The van der Waals surface area contributed by atoms with E-state index in [1.165, 1.54) is 32.8 Å². The molecule has 1 aromatic rings. The minimum Gasteiger partial charge on any atom is -0.504 e. The predicted octanol–water partition coefficient (Wildman–Crippen LogP) is 3.42. The third-order valence-electron chi connectivity index (χ3n) is 4.52. The van der Waals surface area contributed by atoms with Gasteiger partial charge in [-0.15, -0.1) is 0 Å². The average molecular weight is 305 g/mol. The number of benzene rings is 1. The van der Waals surface area contributed by atoms with Crippen molar-refractivity contribution >= 4 is 5.91 Å². The molecule has 122 valence electrons. The van der Waals surface area contributed by atoms with Gasteiger partial charge >= 0.3 is 0 Å². The topological polar surface area (TPSA) is 58.6 Å². The monoisotopic (exact) mass is 305 g/mol. The standard InChI is InChI=1S/C18H27NO3/c1-3-4-13-5-8-15(9-6-13)19-18(21)12-14-7-10-16(20)17(11-14)22-2/h7,10-11,13,15,20H,3-6,8-9,12H2,1-2H3,(H,19,21). The maximum Gasteiger partial charge on any atom is 0.224 e. The van der Waals surface area contributed by atoms with Crippen LogP contribution in [0.15, 0.2) is 18.2 Å². The SMILES string of the molecule is CCCC1CCC(NC(=O)Cc2ccc(O)c(OC)c2)CC1. The highest BCUT2D eigenvalue weighted by atomic mass is 16.5. The molecule has 1 aliphatic rings. The summed E-state index contributed by atoms with van der Waals surface area (Å²) in [7, 11) is 1.51. The van der Waals surface area contributed by atoms with Gasteiger partial charge in [0.2, 0.25) is 5.91 Å². The first kappa shape index (κ1) is 16.7. The van der Waals surface area contributed by atoms with Crippen LogP contribution < -0.4 is 10.1 Å². The van der Waals surface area contributed by atoms with E-state index in [1.807, 2.05) is 0 Å². The Labute approximate surface area is 132 Å². The van der Waals surface area contributed by atoms with E-state index >= 15 is 0 Å². The molecule has 0 unspecified atom stereocenters. The van der Waals surface area contributed by atoms with Crippen molar-refractivity contribution in [1.29, 1.82) is 0 Å². The van der Waals surface area contributed by atoms with Crippen LogP contribution in [0.25, 0.3) is 0 Å². The molecule has 0 radical (unpaired) electrons. The lowest BCUT2D eigenvalue weighted by atomic mass is 9.83. The molecule has 1 aliphatic carbocycles. The number of phenols is 1. The van der Waals surface area contributed by atoms with Gasteiger partial charge < -0.3 is 15.2 Å². The summed E-state index contributed by atoms with van der Waals surface area (Å²) in [6.45, 7) is 2.24. The van der Waals surface area contributed by atoms with Gasteiger partial charge in [-0.3, -0.25) is 4.79 Å². The molecule has 1 saturated carbocycles. The molecule has 1 fully saturated rings. The number of methoxy groups -OCH3 is 1. The molecule has 0 spiro atoms. The van der Waals surface area contributed by atoms with Crippen molar-refractivity contribution in [2.45, 2.75) is 57.9 Å². The van der Waals surface area contributed by atoms with Crippen molar-refractivity contribution in [1.82, 2.24) is 5.32 Å². The molecule has 0 heterocycles. The molecule has 1 aromatic carbocycles. The number of hydrogen-bond acceptors (Lipinski definition) is 3. The van der Waals surface area contributed by atoms with Crippen molar-refractivity contribution in [3.63, 3.8) is 0 Å². The molecule has 0 bridgehead atoms. The Kier molecular flexibility index (Phi) is 6.10. The van der Waals surface area contributed by atoms with Crippen molar-refractivity contribution in [3.8, 4) is 11.5 Å². The maximum absolute atomic E-state index is 12.2. The van der Waals surface area contributed by atoms with Crippen molar-refractivity contribution in [2.75, 3.05) is 7.11 Å². The van der Waals surface area contributed by atoms with Gasteiger partial charge in [0.05, 0.1) is 13.5 Å². The van der Waals surface area contributed by atoms with Crippen molar-refractivity contribution in [2.24, 2.45) is 5.92 Å². The van der Waals surface area contributed by atoms with Crippen LogP contribution >= 0.6 is 0 Å². The highest BCUT2D eigenvalue weighted by Crippen LogP contribution is 2.28. The fraction of sp³-hybridized carbons (Fsp3) is 0.611. The lowest BCUT2D eigenvalue weighted by Crippen LogP contribution is -2.38. The third-order valence-corrected chi connectivity index (χ3v) is 4.52. The molecule has 4 nitrogen and oxygen atoms in total. The van der Waals surface area contributed by atoms with Crippen LogP contribution in [0.5, 0.6) is 11.5 Å². The lowest BCUT2D eigenvalue weighted by Gasteiger charge is -2.29. The van der Waals surface area contributed by atoms with E-state index in [4.69, 9.17) is 4.74 Å². The summed E-state index contributed by atoms with van der Waals surface area (Å²) in [6.07, 6.45) is 7.53. The number of nitrogens with one attached hydrogen (secondary N) is 1. The number of aromatic hydroxyl groups is 1. The summed E-state index contributed by atoms with van der Waals surface area (Å²) >= 11 is 0. The molecular formula is C18H27NO3. The summed E-state index contributed by atoms with van der Waals surface area (Å²) in [5, 5.41) is 12.7. The summed E-state index contributed by atoms with van der Waals surface area (Å²) < 4.78 is 5.07. The number of phenolic OH excluding ortho intramolecular Hbond substituents is 1. The van der Waals surface area contributed by atoms with Gasteiger partial charge in [-0.25, -0.2) is 0 Å². The van der Waals surface area contributed by atoms with Crippen molar-refractivity contribution < 1.29 is 14.6 Å². The number of rotatable bonds is 6. The number of carbonyl (C=O) groups excluding carboxylic acids is 1. The van der Waals surface area contributed by atoms with E-state index in [1.54, 1.807) is 18.2 Å². The second-order valence-electron chi connectivity index (χ2n) is 6.26. The zero-order chi connectivity index (χ0) is 15.9. The number of hydrogen-bond donors (Lipinski definition) is 2. The van der Waals surface area contributed by atoms with E-state index in [0.29, 0.717) is 18.2 Å². The molecule has 22 heavy (non-hydrogen) atoms. The van der Waals surface area contributed by atoms with E-state index in [-0.39, 0.29) is 11.7 Å². The summed E-state index contributed by atoms with van der Waals surface area (Å²) in [5.74, 6) is 1.40. The molecule has 1 amide bonds. The van der Waals surface area contributed by atoms with Gasteiger partial charge in [0, 0.05) is 6.04 Å². The molecule has 0 atom stereocenters. The molecule has 0 aromatic heterocycles. The Morgan fingerprint density at radius 3 is 2.68 bits per heavy atom. The predicted molar refractivity (Wildman–Crippen MR) is 87.2 cm³/mol. The van der Waals surface area contributed by atoms with Gasteiger partial charge in [-0.1, -0.05) is 25.8 Å². The van der Waals surface area contributed by atoms with Crippen LogP contribution in [0.1, 0.15) is 51.0 Å². The normalized spacial score (nSPS) is 21.4. The Morgan fingerprint density at radius 2 is 2.05 bits per heavy atom. The second kappa shape index (κ2) is 8.06. The zero-order valence-electron chi connectivity index (χ0n) is 13.6. The minimum atomic E-state index is 0.0479. The molecule has 2 N–H and O–H groups in total. The minimum absolute atomic E-state index is 0.0479. The highest BCUT2D eigenvalue weighted by molar-refractivity contribution is 5.79. The van der Waals surface area contributed by atoms with Crippen LogP contribution in [0, 0.1) is 5.92 Å². The van der Waals surface area contributed by atoms with Crippen LogP contribution in [-0.2, 0) is 11.2 Å². The van der Waals surface area contributed by atoms with Gasteiger partial charge in [-0.2, -0.15) is 0 Å². The summed E-state index contributed by atoms with van der Waals surface area (Å²) in [4.78, 5) is 12.2. The number of amides is 1. The van der Waals surface area contributed by atoms with Gasteiger partial charge in [-0.05, 0) is 49.3 Å². The first-order valence-corrected chi connectivity index (χ1v) is 8.27. The summed E-state index contributed by atoms with van der Waals surface area (Å²) in [6, 6.07) is 5.36. The molecule has 0 aliphatic heterocycles. The third kappa shape index (κ3) is 4.65. The van der Waals surface area contributed by atoms with Crippen LogP contribution in [-0.4, -0.2) is 24.2 Å². The maximum atomic E-state index is 12.2.